The fourth-order valence-corrected chi connectivity index (χ4v) is 3.24. The van der Waals surface area contributed by atoms with Gasteiger partial charge in [0.1, 0.15) is 6.20 Å². The van der Waals surface area contributed by atoms with Crippen molar-refractivity contribution in [3.63, 3.8) is 0 Å². The van der Waals surface area contributed by atoms with Gasteiger partial charge in [-0.15, -0.1) is 30.3 Å². The molecule has 0 N–H and O–H groups in total. The molecule has 0 bridgehead atoms. The van der Waals surface area contributed by atoms with Crippen molar-refractivity contribution in [3.8, 4) is 16.9 Å². The third-order valence-electron chi connectivity index (χ3n) is 4.79. The molecule has 4 aromatic heterocycles. The van der Waals surface area contributed by atoms with E-state index in [0.29, 0.717) is 15.7 Å². The summed E-state index contributed by atoms with van der Waals surface area (Å²) in [5.74, 6) is -2.58. The topological polar surface area (TPSA) is 42.5 Å². The van der Waals surface area contributed by atoms with Gasteiger partial charge in [-0.1, -0.05) is 70.2 Å². The van der Waals surface area contributed by atoms with Crippen molar-refractivity contribution < 1.29 is 64.3 Å². The van der Waals surface area contributed by atoms with Crippen molar-refractivity contribution in [1.29, 1.82) is 0 Å². The van der Waals surface area contributed by atoms with Crippen LogP contribution < -0.4 is 4.57 Å². The van der Waals surface area contributed by atoms with E-state index in [1.165, 1.54) is 4.57 Å². The molecule has 12 heteroatoms. The molecule has 0 radical (unpaired) electrons. The predicted molar refractivity (Wildman–Crippen MR) is 154 cm³/mol. The Morgan fingerprint density at radius 2 is 1.18 bits per heavy atom. The Bertz CT molecular complexity index is 1520. The Labute approximate surface area is 293 Å². The minimum absolute atomic E-state index is 0. The summed E-state index contributed by atoms with van der Waals surface area (Å²) in [6, 6.07) is 30.1. The average molecular weight is 991 g/mol. The van der Waals surface area contributed by atoms with Crippen LogP contribution in [0.3, 0.4) is 0 Å². The van der Waals surface area contributed by atoms with Gasteiger partial charge in [0.25, 0.3) is 0 Å². The zero-order chi connectivity index (χ0) is 30.2. The summed E-state index contributed by atoms with van der Waals surface area (Å²) in [7, 11) is 0. The van der Waals surface area contributed by atoms with Crippen molar-refractivity contribution in [2.45, 2.75) is 10.1 Å². The van der Waals surface area contributed by atoms with Gasteiger partial charge in [-0.2, -0.15) is 6.07 Å². The first kappa shape index (κ1) is 38.6. The van der Waals surface area contributed by atoms with Crippen LogP contribution in [0.15, 0.2) is 132 Å². The first-order valence-corrected chi connectivity index (χ1v) is 12.8. The first-order chi connectivity index (χ1) is 20.3. The summed E-state index contributed by atoms with van der Waals surface area (Å²) < 4.78 is 53.0. The van der Waals surface area contributed by atoms with Gasteiger partial charge in [0.2, 0.25) is 0 Å². The van der Waals surface area contributed by atoms with E-state index in [2.05, 4.69) is 33.3 Å². The smallest absolute Gasteiger partial charge is 0.760 e. The molecule has 44 heavy (non-hydrogen) atoms. The molecule has 0 fully saturated rings. The number of hydrogen-bond acceptors (Lipinski definition) is 5. The Morgan fingerprint density at radius 1 is 0.636 bits per heavy atom. The van der Waals surface area contributed by atoms with Crippen LogP contribution in [0.25, 0.3) is 16.9 Å². The van der Waals surface area contributed by atoms with E-state index < -0.39 is 23.3 Å². The Kier molecular flexibility index (Phi) is 18.7. The first-order valence-electron chi connectivity index (χ1n) is 12.0. The normalized spacial score (nSPS) is 9.18. The minimum atomic E-state index is -0.655. The second kappa shape index (κ2) is 21.3. The SMILES string of the molecule is Fc1c[c-]c(-[n+]2[c-]cccc2)c(F)c1.Fc1c[c-]c(-c2ccccn2)c(F)c1.[Pt+2].[Pt].[S-]c1ccccn1.[S-]c1ccccn1. The summed E-state index contributed by atoms with van der Waals surface area (Å²) >= 11 is 9.40. The van der Waals surface area contributed by atoms with Crippen molar-refractivity contribution >= 4 is 25.3 Å². The van der Waals surface area contributed by atoms with Crippen LogP contribution in [-0.4, -0.2) is 15.0 Å². The number of hydrogen-bond donors (Lipinski definition) is 0. The van der Waals surface area contributed by atoms with Crippen molar-refractivity contribution in [1.82, 2.24) is 15.0 Å². The van der Waals surface area contributed by atoms with Crippen LogP contribution in [0.4, 0.5) is 17.6 Å². The maximum Gasteiger partial charge on any atom is 2.00 e. The second-order valence-corrected chi connectivity index (χ2v) is 8.64. The monoisotopic (exact) mass is 990 g/mol. The van der Waals surface area contributed by atoms with Gasteiger partial charge in [-0.25, -0.2) is 0 Å². The molecule has 0 aliphatic heterocycles. The van der Waals surface area contributed by atoms with Crippen LogP contribution in [0, 0.1) is 41.6 Å². The Hall–Kier alpha value is -3.42. The van der Waals surface area contributed by atoms with Gasteiger partial charge in [0.05, 0.1) is 11.9 Å². The van der Waals surface area contributed by atoms with Gasteiger partial charge < -0.3 is 34.8 Å². The van der Waals surface area contributed by atoms with Crippen LogP contribution >= 0.6 is 0 Å². The van der Waals surface area contributed by atoms with Crippen molar-refractivity contribution in [2.75, 3.05) is 0 Å². The van der Waals surface area contributed by atoms with E-state index in [4.69, 9.17) is 25.3 Å². The number of nitrogens with zero attached hydrogens (tertiary/aromatic N) is 4. The fourth-order valence-electron chi connectivity index (χ4n) is 2.96. The van der Waals surface area contributed by atoms with Crippen LogP contribution in [-0.2, 0) is 67.4 Å². The minimum Gasteiger partial charge on any atom is -0.760 e. The van der Waals surface area contributed by atoms with Gasteiger partial charge in [-0.3, -0.25) is 27.5 Å². The van der Waals surface area contributed by atoms with E-state index >= 15 is 0 Å². The maximum absolute atomic E-state index is 13.2. The summed E-state index contributed by atoms with van der Waals surface area (Å²) in [6.07, 6.45) is 9.30. The maximum atomic E-state index is 13.2. The van der Waals surface area contributed by atoms with Gasteiger partial charge in [-0.05, 0) is 23.9 Å². The molecule has 0 amide bonds. The fraction of sp³-hybridized carbons (Fsp3) is 0. The molecule has 0 aliphatic rings. The van der Waals surface area contributed by atoms with Gasteiger partial charge in [0, 0.05) is 62.9 Å². The van der Waals surface area contributed by atoms with E-state index in [-0.39, 0.29) is 53.4 Å². The largest absolute Gasteiger partial charge is 2.00 e. The molecule has 6 aromatic rings. The standard InChI is InChI=1S/2C11H6F2N.2C5H5NS.2Pt/c12-8-4-5-9(10(13)7-8)11-3-1-2-6-14-11;12-9-4-5-11(10(13)8-9)14-6-2-1-3-7-14;2*7-5-3-1-2-4-6-5;;/h1-4,6-7H;1-4,6,8H;2*1-4H,(H,6,7);;/q2*-1;;;;+2/p-2. The molecule has 4 nitrogen and oxygen atoms in total. The Balaban J connectivity index is 0.000000303. The van der Waals surface area contributed by atoms with Gasteiger partial charge in [0.15, 0.2) is 0 Å². The summed E-state index contributed by atoms with van der Waals surface area (Å²) in [5, 5.41) is 1.31. The predicted octanol–water partition coefficient (Wildman–Crippen LogP) is 6.64. The second-order valence-electron chi connectivity index (χ2n) is 7.81. The van der Waals surface area contributed by atoms with Crippen LogP contribution in [0.2, 0.25) is 0 Å². The van der Waals surface area contributed by atoms with E-state index in [9.17, 15) is 17.6 Å². The molecular weight excluding hydrogens is 971 g/mol. The molecule has 230 valence electrons. The number of rotatable bonds is 2. The molecular formula is C32H20F4N4Pt2S2-2. The quantitative estimate of drug-likeness (QED) is 0.0844. The number of aromatic nitrogens is 4. The third-order valence-corrected chi connectivity index (χ3v) is 5.27. The average Bonchev–Trinajstić information content (AvgIpc) is 3.00. The van der Waals surface area contributed by atoms with Crippen LogP contribution in [0.1, 0.15) is 0 Å². The summed E-state index contributed by atoms with van der Waals surface area (Å²) in [5.41, 5.74) is 0.795. The number of pyridine rings is 4. The molecule has 0 saturated heterocycles. The molecule has 2 aromatic carbocycles. The molecule has 0 spiro atoms. The molecule has 0 saturated carbocycles. The number of halogens is 4. The summed E-state index contributed by atoms with van der Waals surface area (Å²) in [4.78, 5) is 11.5. The molecule has 6 rings (SSSR count). The summed E-state index contributed by atoms with van der Waals surface area (Å²) in [6.45, 7) is 0. The number of benzene rings is 2. The molecule has 0 aliphatic carbocycles. The van der Waals surface area contributed by atoms with Crippen LogP contribution in [0.5, 0.6) is 0 Å². The van der Waals surface area contributed by atoms with E-state index in [1.807, 2.05) is 24.3 Å². The van der Waals surface area contributed by atoms with Crippen molar-refractivity contribution in [3.05, 3.63) is 163 Å². The Morgan fingerprint density at radius 3 is 1.59 bits per heavy atom. The zero-order valence-corrected chi connectivity index (χ0v) is 28.5. The van der Waals surface area contributed by atoms with E-state index in [0.717, 1.165) is 24.3 Å². The van der Waals surface area contributed by atoms with E-state index in [1.54, 1.807) is 73.3 Å². The molecule has 4 heterocycles. The molecule has 0 unspecified atom stereocenters. The zero-order valence-electron chi connectivity index (χ0n) is 22.3. The third kappa shape index (κ3) is 13.9. The van der Waals surface area contributed by atoms with Gasteiger partial charge >= 0.3 is 21.1 Å². The van der Waals surface area contributed by atoms with Crippen molar-refractivity contribution in [2.24, 2.45) is 0 Å². The molecule has 0 atom stereocenters.